The topological polar surface area (TPSA) is 174 Å². The Hall–Kier alpha value is -2.87. The number of anilines is 1. The van der Waals surface area contributed by atoms with Crippen molar-refractivity contribution in [1.82, 2.24) is 15.2 Å². The van der Waals surface area contributed by atoms with Crippen molar-refractivity contribution < 1.29 is 33.9 Å². The first-order valence-electron chi connectivity index (χ1n) is 9.31. The van der Waals surface area contributed by atoms with E-state index in [2.05, 4.69) is 15.5 Å². The fourth-order valence-corrected chi connectivity index (χ4v) is 5.76. The number of β-lactam (4-membered cyclic amide) rings is 1. The van der Waals surface area contributed by atoms with Crippen LogP contribution < -0.4 is 11.1 Å². The molecular weight excluding hydrogens is 450 g/mol. The number of aliphatic carboxylic acids is 1. The third-order valence-corrected chi connectivity index (χ3v) is 7.13. The van der Waals surface area contributed by atoms with Crippen LogP contribution in [0.2, 0.25) is 0 Å². The van der Waals surface area contributed by atoms with Crippen LogP contribution in [0.3, 0.4) is 0 Å². The quantitative estimate of drug-likeness (QED) is 0.211. The number of amides is 2. The van der Waals surface area contributed by atoms with E-state index in [0.717, 1.165) is 16.2 Å². The average Bonchev–Trinajstić information content (AvgIpc) is 3.27. The van der Waals surface area contributed by atoms with Gasteiger partial charge in [-0.2, -0.15) is 0 Å². The molecule has 31 heavy (non-hydrogen) atoms. The number of nitrogens with zero attached hydrogens (tertiary/aromatic N) is 3. The lowest BCUT2D eigenvalue weighted by molar-refractivity contribution is -0.213. The van der Waals surface area contributed by atoms with Crippen LogP contribution in [0, 0.1) is 0 Å². The number of rotatable bonds is 6. The number of thioether (sulfide) groups is 1. The summed E-state index contributed by atoms with van der Waals surface area (Å²) in [5, 5.41) is 17.2. The van der Waals surface area contributed by atoms with Crippen molar-refractivity contribution in [2.75, 3.05) is 11.5 Å². The normalized spacial score (nSPS) is 29.7. The van der Waals surface area contributed by atoms with Crippen LogP contribution >= 0.6 is 23.1 Å². The Bertz CT molecular complexity index is 995. The zero-order valence-corrected chi connectivity index (χ0v) is 18.1. The molecule has 1 aromatic heterocycles. The maximum Gasteiger partial charge on any atom is 0.371 e. The number of nitrogens with one attached hydrogen (secondary N) is 1. The van der Waals surface area contributed by atoms with E-state index in [9.17, 15) is 24.3 Å². The molecule has 3 aliphatic rings. The lowest BCUT2D eigenvalue weighted by Crippen LogP contribution is -2.82. The van der Waals surface area contributed by atoms with Gasteiger partial charge in [0, 0.05) is 11.1 Å². The summed E-state index contributed by atoms with van der Waals surface area (Å²) in [6, 6.07) is -1.66. The Labute approximate surface area is 184 Å². The number of thiazole rings is 1. The van der Waals surface area contributed by atoms with E-state index in [1.54, 1.807) is 13.8 Å². The van der Waals surface area contributed by atoms with E-state index in [0.29, 0.717) is 5.75 Å². The lowest BCUT2D eigenvalue weighted by atomic mass is 9.89. The second-order valence-electron chi connectivity index (χ2n) is 7.39. The first-order chi connectivity index (χ1) is 14.6. The van der Waals surface area contributed by atoms with Crippen molar-refractivity contribution in [3.63, 3.8) is 0 Å². The summed E-state index contributed by atoms with van der Waals surface area (Å²) in [6.45, 7) is 3.46. The van der Waals surface area contributed by atoms with E-state index in [1.807, 2.05) is 0 Å². The number of hydrogen-bond acceptors (Lipinski definition) is 11. The van der Waals surface area contributed by atoms with Gasteiger partial charge in [0.2, 0.25) is 0 Å². The Morgan fingerprint density at radius 1 is 1.48 bits per heavy atom. The molecular formula is C17H19N5O7S2. The van der Waals surface area contributed by atoms with Crippen LogP contribution in [0.5, 0.6) is 0 Å². The van der Waals surface area contributed by atoms with Gasteiger partial charge < -0.3 is 25.7 Å². The first-order valence-corrected chi connectivity index (χ1v) is 11.2. The van der Waals surface area contributed by atoms with Gasteiger partial charge in [0.25, 0.3) is 17.5 Å². The number of nitrogens with two attached hydrogens (primary N) is 1. The maximum atomic E-state index is 12.9. The van der Waals surface area contributed by atoms with Crippen molar-refractivity contribution in [2.45, 2.75) is 49.4 Å². The number of carboxylic acid groups (broad SMARTS) is 1. The average molecular weight is 470 g/mol. The number of ether oxygens (including phenoxy) is 1. The third-order valence-electron chi connectivity index (χ3n) is 5.03. The molecule has 3 aliphatic heterocycles. The molecule has 1 aromatic rings. The molecule has 3 fully saturated rings. The molecule has 4 atom stereocenters. The van der Waals surface area contributed by atoms with Crippen molar-refractivity contribution in [1.29, 1.82) is 0 Å². The Morgan fingerprint density at radius 2 is 2.23 bits per heavy atom. The molecule has 12 nitrogen and oxygen atoms in total. The van der Waals surface area contributed by atoms with Gasteiger partial charge in [0.1, 0.15) is 17.8 Å². The van der Waals surface area contributed by atoms with Crippen molar-refractivity contribution in [3.05, 3.63) is 11.1 Å². The van der Waals surface area contributed by atoms with E-state index in [4.69, 9.17) is 15.3 Å². The fourth-order valence-electron chi connectivity index (χ4n) is 3.70. The summed E-state index contributed by atoms with van der Waals surface area (Å²) in [4.78, 5) is 59.8. The zero-order chi connectivity index (χ0) is 22.5. The molecule has 0 spiro atoms. The van der Waals surface area contributed by atoms with Gasteiger partial charge in [0.15, 0.2) is 10.8 Å². The minimum absolute atomic E-state index is 0.0981. The Balaban J connectivity index is 1.56. The summed E-state index contributed by atoms with van der Waals surface area (Å²) in [6.07, 6.45) is -0.405. The van der Waals surface area contributed by atoms with Gasteiger partial charge in [-0.25, -0.2) is 9.78 Å². The number of aromatic nitrogens is 1. The van der Waals surface area contributed by atoms with E-state index >= 15 is 0 Å². The minimum Gasteiger partial charge on any atom is -0.477 e. The number of oxime groups is 1. The Morgan fingerprint density at radius 3 is 2.84 bits per heavy atom. The number of carboxylic acids is 1. The predicted octanol–water partition coefficient (Wildman–Crippen LogP) is -0.607. The Kier molecular flexibility index (Phi) is 5.29. The predicted molar refractivity (Wildman–Crippen MR) is 109 cm³/mol. The molecule has 0 saturated carbocycles. The van der Waals surface area contributed by atoms with Gasteiger partial charge in [-0.05, 0) is 13.8 Å². The second-order valence-corrected chi connectivity index (χ2v) is 9.52. The molecule has 0 aliphatic carbocycles. The van der Waals surface area contributed by atoms with Crippen molar-refractivity contribution >= 4 is 57.7 Å². The highest BCUT2D eigenvalue weighted by Crippen LogP contribution is 2.49. The molecule has 3 saturated heterocycles. The molecule has 0 radical (unpaired) electrons. The van der Waals surface area contributed by atoms with E-state index in [-0.39, 0.29) is 29.1 Å². The zero-order valence-electron chi connectivity index (χ0n) is 16.4. The largest absolute Gasteiger partial charge is 0.477 e. The van der Waals surface area contributed by atoms with Gasteiger partial charge in [-0.1, -0.05) is 5.16 Å². The smallest absolute Gasteiger partial charge is 0.371 e. The van der Waals surface area contributed by atoms with Gasteiger partial charge in [-0.3, -0.25) is 19.3 Å². The highest BCUT2D eigenvalue weighted by atomic mass is 32.2. The monoisotopic (exact) mass is 469 g/mol. The number of carbonyl (C=O) groups is 4. The van der Waals surface area contributed by atoms with Gasteiger partial charge >= 0.3 is 11.9 Å². The third kappa shape index (κ3) is 3.39. The summed E-state index contributed by atoms with van der Waals surface area (Å²) >= 11 is 2.34. The van der Waals surface area contributed by atoms with Crippen molar-refractivity contribution in [3.8, 4) is 0 Å². The van der Waals surface area contributed by atoms with E-state index in [1.165, 1.54) is 17.1 Å². The molecule has 0 bridgehead atoms. The number of nitrogen functional groups attached to an aromatic ring is 1. The van der Waals surface area contributed by atoms with Crippen molar-refractivity contribution in [2.24, 2.45) is 5.16 Å². The molecule has 4 rings (SSSR count). The van der Waals surface area contributed by atoms with Crippen LogP contribution in [0.1, 0.15) is 26.0 Å². The van der Waals surface area contributed by atoms with Crippen LogP contribution in [0.15, 0.2) is 10.5 Å². The van der Waals surface area contributed by atoms with Crippen LogP contribution in [-0.4, -0.2) is 79.4 Å². The SMILES string of the molecule is CC(C)O/N=C(/C(=O)NC1C(=O)N2C1CSC1CC(=O)OC12C(=O)O)c1csc(N)n1. The molecule has 2 amide bonds. The lowest BCUT2D eigenvalue weighted by Gasteiger charge is -2.56. The number of fused-ring (bicyclic) bond motifs is 3. The summed E-state index contributed by atoms with van der Waals surface area (Å²) < 4.78 is 5.12. The molecule has 4 unspecified atom stereocenters. The van der Waals surface area contributed by atoms with Gasteiger partial charge in [0.05, 0.1) is 17.7 Å². The van der Waals surface area contributed by atoms with E-state index < -0.39 is 46.8 Å². The maximum absolute atomic E-state index is 12.9. The first kappa shape index (κ1) is 21.4. The molecule has 4 N–H and O–H groups in total. The van der Waals surface area contributed by atoms with Gasteiger partial charge in [-0.15, -0.1) is 23.1 Å². The van der Waals surface area contributed by atoms with Crippen LogP contribution in [-0.2, 0) is 28.8 Å². The molecule has 4 heterocycles. The molecule has 166 valence electrons. The summed E-state index contributed by atoms with van der Waals surface area (Å²) in [5.74, 6) is -3.12. The second kappa shape index (κ2) is 7.67. The number of esters is 1. The summed E-state index contributed by atoms with van der Waals surface area (Å²) in [7, 11) is 0. The fraction of sp³-hybridized carbons (Fsp3) is 0.529. The number of hydrogen-bond donors (Lipinski definition) is 3. The molecule has 0 aromatic carbocycles. The van der Waals surface area contributed by atoms with Crippen LogP contribution in [0.25, 0.3) is 0 Å². The summed E-state index contributed by atoms with van der Waals surface area (Å²) in [5.41, 5.74) is 3.62. The van der Waals surface area contributed by atoms with Crippen LogP contribution in [0.4, 0.5) is 5.13 Å². The highest BCUT2D eigenvalue weighted by molar-refractivity contribution is 8.00. The highest BCUT2D eigenvalue weighted by Gasteiger charge is 2.71. The number of carbonyl (C=O) groups excluding carboxylic acids is 3. The standard InChI is InChI=1S/C17H19N5O7S2/c1-6(2)29-21-11(7-4-31-16(18)19-7)13(24)20-12-8-5-30-9-3-10(23)28-17(9,15(26)27)22(8)14(12)25/h4,6,8-9,12H,3,5H2,1-2H3,(H2,18,19)(H,20,24)(H,26,27)/b21-11+. The molecule has 14 heteroatoms. The minimum atomic E-state index is -2.05.